The third-order valence-electron chi connectivity index (χ3n) is 2.80. The molecule has 2 heterocycles. The lowest BCUT2D eigenvalue weighted by atomic mass is 10.2. The van der Waals surface area contributed by atoms with Crippen molar-refractivity contribution < 1.29 is 0 Å². The molecule has 0 aliphatic carbocycles. The van der Waals surface area contributed by atoms with Crippen molar-refractivity contribution in [2.75, 3.05) is 5.32 Å². The van der Waals surface area contributed by atoms with E-state index in [9.17, 15) is 0 Å². The molecule has 0 amide bonds. The van der Waals surface area contributed by atoms with Gasteiger partial charge in [-0.05, 0) is 31.0 Å². The molecule has 18 heavy (non-hydrogen) atoms. The zero-order valence-corrected chi connectivity index (χ0v) is 11.4. The predicted octanol–water partition coefficient (Wildman–Crippen LogP) is 3.26. The molecule has 0 saturated heterocycles. The van der Waals surface area contributed by atoms with E-state index in [1.165, 1.54) is 0 Å². The molecule has 2 aromatic heterocycles. The Morgan fingerprint density at radius 3 is 2.89 bits per heavy atom. The van der Waals surface area contributed by atoms with E-state index in [2.05, 4.69) is 22.3 Å². The van der Waals surface area contributed by atoms with Crippen LogP contribution < -0.4 is 5.32 Å². The molecule has 0 unspecified atom stereocenters. The molecular weight excluding hydrogens is 248 g/mol. The van der Waals surface area contributed by atoms with Gasteiger partial charge < -0.3 is 5.32 Å². The Morgan fingerprint density at radius 2 is 2.17 bits per heavy atom. The summed E-state index contributed by atoms with van der Waals surface area (Å²) in [7, 11) is 0. The van der Waals surface area contributed by atoms with E-state index in [1.54, 1.807) is 6.20 Å². The van der Waals surface area contributed by atoms with Gasteiger partial charge in [0.1, 0.15) is 0 Å². The quantitative estimate of drug-likeness (QED) is 0.843. The molecule has 96 valence electrons. The van der Waals surface area contributed by atoms with E-state index in [4.69, 9.17) is 11.6 Å². The standard InChI is InChI=1S/C13H17ClN4/c1-3-8-18-11(5-7-17-18)9-16-12-10(2)4-6-15-13(12)14/h4-7,16H,3,8-9H2,1-2H3. The van der Waals surface area contributed by atoms with Crippen LogP contribution in [0.5, 0.6) is 0 Å². The second-order valence-corrected chi connectivity index (χ2v) is 4.55. The molecule has 0 aliphatic heterocycles. The minimum Gasteiger partial charge on any atom is -0.377 e. The summed E-state index contributed by atoms with van der Waals surface area (Å²) in [6.45, 7) is 5.79. The van der Waals surface area contributed by atoms with Gasteiger partial charge >= 0.3 is 0 Å². The van der Waals surface area contributed by atoms with Gasteiger partial charge in [-0.2, -0.15) is 5.10 Å². The van der Waals surface area contributed by atoms with E-state index < -0.39 is 0 Å². The zero-order valence-electron chi connectivity index (χ0n) is 10.7. The maximum Gasteiger partial charge on any atom is 0.152 e. The van der Waals surface area contributed by atoms with E-state index in [1.807, 2.05) is 29.9 Å². The second kappa shape index (κ2) is 5.87. The predicted molar refractivity (Wildman–Crippen MR) is 73.8 cm³/mol. The molecule has 0 aromatic carbocycles. The summed E-state index contributed by atoms with van der Waals surface area (Å²) in [4.78, 5) is 4.08. The van der Waals surface area contributed by atoms with Crippen LogP contribution in [0.25, 0.3) is 0 Å². The van der Waals surface area contributed by atoms with Crippen molar-refractivity contribution >= 4 is 17.3 Å². The number of nitrogens with zero attached hydrogens (tertiary/aromatic N) is 3. The first-order chi connectivity index (χ1) is 8.72. The van der Waals surface area contributed by atoms with Gasteiger partial charge in [0, 0.05) is 18.9 Å². The number of anilines is 1. The van der Waals surface area contributed by atoms with Gasteiger partial charge in [0.25, 0.3) is 0 Å². The Morgan fingerprint density at radius 1 is 1.33 bits per heavy atom. The molecule has 2 rings (SSSR count). The first-order valence-corrected chi connectivity index (χ1v) is 6.46. The SMILES string of the molecule is CCCn1nccc1CNc1c(C)ccnc1Cl. The van der Waals surface area contributed by atoms with E-state index in [-0.39, 0.29) is 0 Å². The van der Waals surface area contributed by atoms with Crippen LogP contribution in [0, 0.1) is 6.92 Å². The average molecular weight is 265 g/mol. The smallest absolute Gasteiger partial charge is 0.152 e. The third kappa shape index (κ3) is 2.82. The molecule has 0 bridgehead atoms. The topological polar surface area (TPSA) is 42.7 Å². The van der Waals surface area contributed by atoms with Gasteiger partial charge in [-0.25, -0.2) is 4.98 Å². The monoisotopic (exact) mass is 264 g/mol. The Balaban J connectivity index is 2.09. The van der Waals surface area contributed by atoms with Gasteiger partial charge in [-0.1, -0.05) is 18.5 Å². The molecule has 4 nitrogen and oxygen atoms in total. The molecule has 5 heteroatoms. The lowest BCUT2D eigenvalue weighted by Gasteiger charge is -2.11. The number of nitrogens with one attached hydrogen (secondary N) is 1. The van der Waals surface area contributed by atoms with Crippen LogP contribution in [-0.2, 0) is 13.1 Å². The molecule has 1 N–H and O–H groups in total. The highest BCUT2D eigenvalue weighted by atomic mass is 35.5. The first kappa shape index (κ1) is 12.9. The summed E-state index contributed by atoms with van der Waals surface area (Å²) in [6.07, 6.45) is 4.61. The Kier molecular flexibility index (Phi) is 4.20. The van der Waals surface area contributed by atoms with Crippen LogP contribution in [-0.4, -0.2) is 14.8 Å². The van der Waals surface area contributed by atoms with E-state index >= 15 is 0 Å². The third-order valence-corrected chi connectivity index (χ3v) is 3.09. The van der Waals surface area contributed by atoms with Crippen LogP contribution in [0.15, 0.2) is 24.5 Å². The average Bonchev–Trinajstić information content (AvgIpc) is 2.77. The lowest BCUT2D eigenvalue weighted by Crippen LogP contribution is -2.10. The molecule has 0 radical (unpaired) electrons. The largest absolute Gasteiger partial charge is 0.377 e. The normalized spacial score (nSPS) is 10.6. The van der Waals surface area contributed by atoms with Gasteiger partial charge in [0.2, 0.25) is 0 Å². The molecule has 0 spiro atoms. The molecule has 0 aliphatic rings. The van der Waals surface area contributed by atoms with Crippen LogP contribution in [0.1, 0.15) is 24.6 Å². The van der Waals surface area contributed by atoms with Crippen molar-refractivity contribution in [2.45, 2.75) is 33.4 Å². The van der Waals surface area contributed by atoms with Crippen molar-refractivity contribution in [2.24, 2.45) is 0 Å². The summed E-state index contributed by atoms with van der Waals surface area (Å²) < 4.78 is 2.01. The fourth-order valence-electron chi connectivity index (χ4n) is 1.84. The molecular formula is C13H17ClN4. The number of aryl methyl sites for hydroxylation is 2. The summed E-state index contributed by atoms with van der Waals surface area (Å²) in [6, 6.07) is 3.96. The molecule has 0 fully saturated rings. The van der Waals surface area contributed by atoms with Crippen LogP contribution in [0.2, 0.25) is 5.15 Å². The first-order valence-electron chi connectivity index (χ1n) is 6.08. The zero-order chi connectivity index (χ0) is 13.0. The van der Waals surface area contributed by atoms with Crippen LogP contribution >= 0.6 is 11.6 Å². The number of pyridine rings is 1. The summed E-state index contributed by atoms with van der Waals surface area (Å²) >= 11 is 6.07. The van der Waals surface area contributed by atoms with Crippen molar-refractivity contribution in [3.8, 4) is 0 Å². The van der Waals surface area contributed by atoms with E-state index in [0.29, 0.717) is 11.7 Å². The Bertz CT molecular complexity index is 501. The molecule has 0 atom stereocenters. The minimum atomic E-state index is 0.511. The maximum atomic E-state index is 6.07. The number of aromatic nitrogens is 3. The summed E-state index contributed by atoms with van der Waals surface area (Å²) in [5, 5.41) is 8.13. The van der Waals surface area contributed by atoms with Crippen molar-refractivity contribution in [1.29, 1.82) is 0 Å². The molecule has 0 saturated carbocycles. The molecule has 2 aromatic rings. The van der Waals surface area contributed by atoms with Gasteiger partial charge in [0.05, 0.1) is 17.9 Å². The van der Waals surface area contributed by atoms with Crippen molar-refractivity contribution in [1.82, 2.24) is 14.8 Å². The fourth-order valence-corrected chi connectivity index (χ4v) is 2.11. The Labute approximate surface area is 112 Å². The summed E-state index contributed by atoms with van der Waals surface area (Å²) in [5.41, 5.74) is 3.14. The maximum absolute atomic E-state index is 6.07. The van der Waals surface area contributed by atoms with Gasteiger partial charge in [0.15, 0.2) is 5.15 Å². The highest BCUT2D eigenvalue weighted by molar-refractivity contribution is 6.32. The fraction of sp³-hybridized carbons (Fsp3) is 0.385. The van der Waals surface area contributed by atoms with Crippen molar-refractivity contribution in [3.05, 3.63) is 40.9 Å². The lowest BCUT2D eigenvalue weighted by molar-refractivity contribution is 0.578. The van der Waals surface area contributed by atoms with Crippen LogP contribution in [0.4, 0.5) is 5.69 Å². The van der Waals surface area contributed by atoms with Crippen LogP contribution in [0.3, 0.4) is 0 Å². The van der Waals surface area contributed by atoms with E-state index in [0.717, 1.165) is 29.9 Å². The Hall–Kier alpha value is -1.55. The van der Waals surface area contributed by atoms with Crippen molar-refractivity contribution in [3.63, 3.8) is 0 Å². The number of halogens is 1. The number of hydrogen-bond acceptors (Lipinski definition) is 3. The minimum absolute atomic E-state index is 0.511. The van der Waals surface area contributed by atoms with Gasteiger partial charge in [-0.15, -0.1) is 0 Å². The number of hydrogen-bond donors (Lipinski definition) is 1. The number of rotatable bonds is 5. The van der Waals surface area contributed by atoms with Gasteiger partial charge in [-0.3, -0.25) is 4.68 Å². The highest BCUT2D eigenvalue weighted by Gasteiger charge is 2.06. The second-order valence-electron chi connectivity index (χ2n) is 4.19. The highest BCUT2D eigenvalue weighted by Crippen LogP contribution is 2.23. The summed E-state index contributed by atoms with van der Waals surface area (Å²) in [5.74, 6) is 0.